The second kappa shape index (κ2) is 5.59. The Morgan fingerprint density at radius 3 is 2.43 bits per heavy atom. The molecule has 23 heavy (non-hydrogen) atoms. The monoisotopic (exact) mass is 334 g/mol. The molecule has 0 bridgehead atoms. The van der Waals surface area contributed by atoms with Gasteiger partial charge in [-0.3, -0.25) is 4.40 Å². The zero-order valence-electron chi connectivity index (χ0n) is 11.8. The molecule has 1 aromatic carbocycles. The average molecular weight is 334 g/mol. The van der Waals surface area contributed by atoms with Crippen molar-refractivity contribution in [2.24, 2.45) is 0 Å². The van der Waals surface area contributed by atoms with Crippen molar-refractivity contribution in [2.45, 2.75) is 11.2 Å². The Morgan fingerprint density at radius 2 is 1.87 bits per heavy atom. The summed E-state index contributed by atoms with van der Waals surface area (Å²) < 4.78 is 40.2. The molecule has 0 aliphatic rings. The van der Waals surface area contributed by atoms with E-state index < -0.39 is 11.9 Å². The molecule has 0 aliphatic heterocycles. The molecule has 3 aromatic rings. The van der Waals surface area contributed by atoms with Gasteiger partial charge >= 0.3 is 6.18 Å². The Kier molecular flexibility index (Phi) is 3.74. The molecular formula is C15H9F3N4S. The lowest BCUT2D eigenvalue weighted by molar-refractivity contribution is -0.140. The highest BCUT2D eigenvalue weighted by Crippen LogP contribution is 2.33. The number of imidazole rings is 1. The Morgan fingerprint density at radius 1 is 1.17 bits per heavy atom. The van der Waals surface area contributed by atoms with Crippen LogP contribution in [0, 0.1) is 11.3 Å². The topological polar surface area (TPSA) is 54.0 Å². The minimum atomic E-state index is -4.59. The molecule has 0 aliphatic carbocycles. The number of nitrogens with zero attached hydrogens (tertiary/aromatic N) is 4. The number of halogens is 3. The fraction of sp³-hybridized carbons (Fsp3) is 0.133. The number of hydrogen-bond acceptors (Lipinski definition) is 4. The predicted molar refractivity (Wildman–Crippen MR) is 79.9 cm³/mol. The molecule has 116 valence electrons. The van der Waals surface area contributed by atoms with Crippen LogP contribution in [0.15, 0.2) is 41.6 Å². The van der Waals surface area contributed by atoms with E-state index in [1.807, 2.05) is 6.07 Å². The molecule has 0 unspecified atom stereocenters. The number of thioether (sulfide) groups is 1. The highest BCUT2D eigenvalue weighted by Gasteiger charge is 2.35. The van der Waals surface area contributed by atoms with Gasteiger partial charge < -0.3 is 0 Å². The third-order valence-corrected chi connectivity index (χ3v) is 3.89. The summed E-state index contributed by atoms with van der Waals surface area (Å²) in [6, 6.07) is 10.7. The fourth-order valence-corrected chi connectivity index (χ4v) is 2.71. The SMILES string of the molecule is CSc1nc(-c2ccccc2)n2cc(C(F)(F)F)nc2c1C#N. The smallest absolute Gasteiger partial charge is 0.282 e. The van der Waals surface area contributed by atoms with Gasteiger partial charge in [0.15, 0.2) is 11.3 Å². The number of nitriles is 1. The van der Waals surface area contributed by atoms with E-state index in [4.69, 9.17) is 0 Å². The number of rotatable bonds is 2. The molecule has 4 nitrogen and oxygen atoms in total. The summed E-state index contributed by atoms with van der Waals surface area (Å²) in [5, 5.41) is 9.63. The van der Waals surface area contributed by atoms with Gasteiger partial charge in [0.25, 0.3) is 0 Å². The number of alkyl halides is 3. The van der Waals surface area contributed by atoms with Gasteiger partial charge in [-0.25, -0.2) is 9.97 Å². The number of benzene rings is 1. The first kappa shape index (κ1) is 15.4. The van der Waals surface area contributed by atoms with Crippen molar-refractivity contribution in [1.82, 2.24) is 14.4 Å². The Labute approximate surface area is 133 Å². The van der Waals surface area contributed by atoms with Gasteiger partial charge in [-0.15, -0.1) is 11.8 Å². The highest BCUT2D eigenvalue weighted by molar-refractivity contribution is 7.98. The molecule has 0 atom stereocenters. The minimum absolute atomic E-state index is 0.0349. The molecule has 0 N–H and O–H groups in total. The highest BCUT2D eigenvalue weighted by atomic mass is 32.2. The van der Waals surface area contributed by atoms with Crippen molar-refractivity contribution < 1.29 is 13.2 Å². The molecule has 0 radical (unpaired) electrons. The van der Waals surface area contributed by atoms with E-state index in [0.29, 0.717) is 16.4 Å². The van der Waals surface area contributed by atoms with Crippen LogP contribution in [0.4, 0.5) is 13.2 Å². The molecule has 0 amide bonds. The third-order valence-electron chi connectivity index (χ3n) is 3.21. The molecule has 2 aromatic heterocycles. The van der Waals surface area contributed by atoms with Crippen LogP contribution in [0.1, 0.15) is 11.3 Å². The first-order valence-corrected chi connectivity index (χ1v) is 7.68. The number of fused-ring (bicyclic) bond motifs is 1. The lowest BCUT2D eigenvalue weighted by Gasteiger charge is -2.08. The largest absolute Gasteiger partial charge is 0.434 e. The maximum Gasteiger partial charge on any atom is 0.434 e. The van der Waals surface area contributed by atoms with E-state index in [2.05, 4.69) is 9.97 Å². The van der Waals surface area contributed by atoms with Gasteiger partial charge in [-0.1, -0.05) is 30.3 Å². The molecule has 0 fully saturated rings. The lowest BCUT2D eigenvalue weighted by Crippen LogP contribution is -2.04. The Bertz CT molecular complexity index is 910. The van der Waals surface area contributed by atoms with E-state index >= 15 is 0 Å². The van der Waals surface area contributed by atoms with Crippen LogP contribution in [-0.2, 0) is 6.18 Å². The van der Waals surface area contributed by atoms with Crippen LogP contribution in [-0.4, -0.2) is 20.6 Å². The molecule has 3 rings (SSSR count). The summed E-state index contributed by atoms with van der Waals surface area (Å²) >= 11 is 1.19. The summed E-state index contributed by atoms with van der Waals surface area (Å²) in [6.45, 7) is 0. The van der Waals surface area contributed by atoms with Crippen molar-refractivity contribution in [3.8, 4) is 17.5 Å². The zero-order chi connectivity index (χ0) is 16.6. The number of hydrogen-bond donors (Lipinski definition) is 0. The second-order valence-electron chi connectivity index (χ2n) is 4.62. The van der Waals surface area contributed by atoms with E-state index in [9.17, 15) is 18.4 Å². The summed E-state index contributed by atoms with van der Waals surface area (Å²) in [5.74, 6) is 0.312. The molecule has 2 heterocycles. The van der Waals surface area contributed by atoms with Crippen LogP contribution < -0.4 is 0 Å². The second-order valence-corrected chi connectivity index (χ2v) is 5.41. The van der Waals surface area contributed by atoms with E-state index in [1.165, 1.54) is 16.2 Å². The van der Waals surface area contributed by atoms with E-state index in [0.717, 1.165) is 6.20 Å². The van der Waals surface area contributed by atoms with Crippen LogP contribution >= 0.6 is 11.8 Å². The maximum atomic E-state index is 13.0. The first-order chi connectivity index (χ1) is 11.0. The quantitative estimate of drug-likeness (QED) is 0.525. The summed E-state index contributed by atoms with van der Waals surface area (Å²) in [4.78, 5) is 7.96. The van der Waals surface area contributed by atoms with Gasteiger partial charge in [0.1, 0.15) is 22.5 Å². The van der Waals surface area contributed by atoms with E-state index in [1.54, 1.807) is 36.6 Å². The molecule has 0 spiro atoms. The standard InChI is InChI=1S/C15H9F3N4S/c1-23-14-10(7-19)13-20-11(15(16,17)18)8-22(13)12(21-14)9-5-3-2-4-6-9/h2-6,8H,1H3. The Balaban J connectivity index is 2.41. The van der Waals surface area contributed by atoms with Gasteiger partial charge in [-0.2, -0.15) is 18.4 Å². The molecule has 8 heteroatoms. The molecule has 0 saturated heterocycles. The van der Waals surface area contributed by atoms with Gasteiger partial charge in [0, 0.05) is 11.8 Å². The fourth-order valence-electron chi connectivity index (χ4n) is 2.19. The van der Waals surface area contributed by atoms with Crippen molar-refractivity contribution in [3.63, 3.8) is 0 Å². The van der Waals surface area contributed by atoms with Crippen LogP contribution in [0.2, 0.25) is 0 Å². The predicted octanol–water partition coefficient (Wildman–Crippen LogP) is 4.01. The number of aromatic nitrogens is 3. The van der Waals surface area contributed by atoms with Crippen molar-refractivity contribution in [3.05, 3.63) is 47.8 Å². The minimum Gasteiger partial charge on any atom is -0.282 e. The van der Waals surface area contributed by atoms with E-state index in [-0.39, 0.29) is 11.2 Å². The lowest BCUT2D eigenvalue weighted by atomic mass is 10.2. The Hall–Kier alpha value is -2.53. The third kappa shape index (κ3) is 2.64. The zero-order valence-corrected chi connectivity index (χ0v) is 12.6. The average Bonchev–Trinajstić information content (AvgIpc) is 2.99. The maximum absolute atomic E-state index is 13.0. The van der Waals surface area contributed by atoms with Crippen molar-refractivity contribution in [1.29, 1.82) is 5.26 Å². The summed E-state index contributed by atoms with van der Waals surface area (Å²) in [6.07, 6.45) is -2.01. The molecule has 0 saturated carbocycles. The van der Waals surface area contributed by atoms with Crippen LogP contribution in [0.5, 0.6) is 0 Å². The summed E-state index contributed by atoms with van der Waals surface area (Å²) in [5.41, 5.74) is -0.416. The first-order valence-electron chi connectivity index (χ1n) is 6.45. The van der Waals surface area contributed by atoms with Crippen LogP contribution in [0.3, 0.4) is 0 Å². The van der Waals surface area contributed by atoms with Crippen molar-refractivity contribution >= 4 is 17.4 Å². The van der Waals surface area contributed by atoms with Crippen LogP contribution in [0.25, 0.3) is 17.0 Å². The van der Waals surface area contributed by atoms with Crippen molar-refractivity contribution in [2.75, 3.05) is 6.26 Å². The van der Waals surface area contributed by atoms with Gasteiger partial charge in [0.05, 0.1) is 0 Å². The normalized spacial score (nSPS) is 11.6. The van der Waals surface area contributed by atoms with Gasteiger partial charge in [0.2, 0.25) is 0 Å². The summed E-state index contributed by atoms with van der Waals surface area (Å²) in [7, 11) is 0. The van der Waals surface area contributed by atoms with Gasteiger partial charge in [-0.05, 0) is 6.26 Å². The molecular weight excluding hydrogens is 325 g/mol.